The minimum absolute atomic E-state index is 1.11. The van der Waals surface area contributed by atoms with Gasteiger partial charge in [0.2, 0.25) is 0 Å². The summed E-state index contributed by atoms with van der Waals surface area (Å²) in [4.78, 5) is 0. The zero-order valence-electron chi connectivity index (χ0n) is 49.1. The van der Waals surface area contributed by atoms with Gasteiger partial charge in [-0.3, -0.25) is 0 Å². The molecule has 0 heterocycles. The van der Waals surface area contributed by atoms with Gasteiger partial charge in [0, 0.05) is 0 Å². The molecular weight excluding hydrogens is 793 g/mol. The van der Waals surface area contributed by atoms with Gasteiger partial charge in [-0.15, -0.1) is 0 Å². The largest absolute Gasteiger partial charge is 0.0683 e. The van der Waals surface area contributed by atoms with Crippen LogP contribution in [0.3, 0.4) is 0 Å². The molecule has 0 heteroatoms. The maximum Gasteiger partial charge on any atom is -0.0381 e. The molecule has 0 saturated heterocycles. The average Bonchev–Trinajstić information content (AvgIpc) is 3.45. The van der Waals surface area contributed by atoms with Gasteiger partial charge in [0.25, 0.3) is 0 Å². The maximum atomic E-state index is 2.00. The molecule has 66 heavy (non-hydrogen) atoms. The van der Waals surface area contributed by atoms with E-state index in [0.717, 1.165) is 47.3 Å². The van der Waals surface area contributed by atoms with Gasteiger partial charge in [0.1, 0.15) is 0 Å². The van der Waals surface area contributed by atoms with Gasteiger partial charge < -0.3 is 0 Å². The first-order valence-electron chi connectivity index (χ1n) is 32.8. The second kappa shape index (κ2) is 54.3. The zero-order chi connectivity index (χ0) is 49.1. The second-order valence-electron chi connectivity index (χ2n) is 21.5. The van der Waals surface area contributed by atoms with Gasteiger partial charge in [0.05, 0.1) is 0 Å². The number of hydrogen-bond acceptors (Lipinski definition) is 0. The van der Waals surface area contributed by atoms with Gasteiger partial charge in [-0.2, -0.15) is 0 Å². The Hall–Kier alpha value is 0. The van der Waals surface area contributed by atoms with E-state index >= 15 is 0 Å². The highest BCUT2D eigenvalue weighted by atomic mass is 14.4. The molecular formula is C66H136. The monoisotopic (exact) mass is 929 g/mol. The molecule has 0 aliphatic heterocycles. The summed E-state index contributed by atoms with van der Waals surface area (Å²) in [5.41, 5.74) is 0. The predicted octanol–water partition coefficient (Wildman–Crippen LogP) is 25.1. The molecule has 0 aromatic carbocycles. The number of hydrogen-bond donors (Lipinski definition) is 0. The Morgan fingerprint density at radius 1 is 0.182 bits per heavy atom. The van der Waals surface area contributed by atoms with E-state index in [9.17, 15) is 0 Å². The Balaban J connectivity index is 0. The SMILES string of the molecule is C1CCC(CC(CC2CCCCC2)C2CCCCC2)CC1.C1CCC(CC(CC2CCCCC2)C2CCCCC2)CC1.C1CCCCC1.C1CCCCC1.CC.CC.CC.CC.CC.CC. The normalized spacial score (nSPS) is 22.3. The van der Waals surface area contributed by atoms with Crippen molar-refractivity contribution in [3.8, 4) is 0 Å². The third kappa shape index (κ3) is 36.0. The predicted molar refractivity (Wildman–Crippen MR) is 308 cm³/mol. The smallest absolute Gasteiger partial charge is 0.0381 e. The summed E-state index contributed by atoms with van der Waals surface area (Å²) in [6, 6.07) is 0. The van der Waals surface area contributed by atoms with E-state index < -0.39 is 0 Å². The van der Waals surface area contributed by atoms with E-state index in [0.29, 0.717) is 0 Å². The quantitative estimate of drug-likeness (QED) is 0.205. The summed E-state index contributed by atoms with van der Waals surface area (Å²) in [5.74, 6) is 8.87. The highest BCUT2D eigenvalue weighted by Gasteiger charge is 2.31. The molecule has 0 atom stereocenters. The molecule has 0 nitrogen and oxygen atoms in total. The first kappa shape index (κ1) is 68.1. The van der Waals surface area contributed by atoms with Crippen LogP contribution in [0.2, 0.25) is 0 Å². The van der Waals surface area contributed by atoms with Crippen molar-refractivity contribution in [2.75, 3.05) is 0 Å². The van der Waals surface area contributed by atoms with Crippen LogP contribution >= 0.6 is 0 Å². The van der Waals surface area contributed by atoms with Crippen LogP contribution < -0.4 is 0 Å². The van der Waals surface area contributed by atoms with Crippen LogP contribution in [0.25, 0.3) is 0 Å². The Kier molecular flexibility index (Phi) is 56.0. The fraction of sp³-hybridized carbons (Fsp3) is 1.00. The van der Waals surface area contributed by atoms with Crippen molar-refractivity contribution in [1.29, 1.82) is 0 Å². The summed E-state index contributed by atoms with van der Waals surface area (Å²) in [6.07, 6.45) is 70.8. The lowest BCUT2D eigenvalue weighted by Gasteiger charge is -2.37. The highest BCUT2D eigenvalue weighted by Crippen LogP contribution is 2.44. The van der Waals surface area contributed by atoms with E-state index in [1.165, 1.54) is 193 Å². The number of rotatable bonds is 10. The van der Waals surface area contributed by atoms with Crippen LogP contribution in [0.1, 0.15) is 378 Å². The Morgan fingerprint density at radius 2 is 0.303 bits per heavy atom. The molecule has 0 aromatic heterocycles. The minimum Gasteiger partial charge on any atom is -0.0683 e. The highest BCUT2D eigenvalue weighted by molar-refractivity contribution is 4.83. The van der Waals surface area contributed by atoms with E-state index in [1.54, 1.807) is 103 Å². The Morgan fingerprint density at radius 3 is 0.455 bits per heavy atom. The first-order chi connectivity index (χ1) is 32.8. The molecule has 8 aliphatic carbocycles. The topological polar surface area (TPSA) is 0 Å². The molecule has 0 unspecified atom stereocenters. The Bertz CT molecular complexity index is 681. The third-order valence-electron chi connectivity index (χ3n) is 17.1. The van der Waals surface area contributed by atoms with Crippen molar-refractivity contribution in [2.24, 2.45) is 47.3 Å². The molecule has 0 spiro atoms. The molecule has 8 aliphatic rings. The van der Waals surface area contributed by atoms with Crippen LogP contribution in [0.15, 0.2) is 0 Å². The molecule has 400 valence electrons. The molecule has 8 saturated carbocycles. The first-order valence-corrected chi connectivity index (χ1v) is 32.8. The summed E-state index contributed by atoms with van der Waals surface area (Å²) < 4.78 is 0. The van der Waals surface area contributed by atoms with Gasteiger partial charge in [-0.05, 0) is 73.0 Å². The molecule has 0 N–H and O–H groups in total. The fourth-order valence-electron chi connectivity index (χ4n) is 13.7. The molecule has 0 bridgehead atoms. The molecule has 0 radical (unpaired) electrons. The van der Waals surface area contributed by atoms with Crippen molar-refractivity contribution >= 4 is 0 Å². The molecule has 8 fully saturated rings. The minimum atomic E-state index is 1.11. The van der Waals surface area contributed by atoms with Crippen molar-refractivity contribution in [1.82, 2.24) is 0 Å². The summed E-state index contributed by atoms with van der Waals surface area (Å²) in [5, 5.41) is 0. The van der Waals surface area contributed by atoms with E-state index in [1.807, 2.05) is 83.1 Å². The lowest BCUT2D eigenvalue weighted by molar-refractivity contribution is 0.149. The van der Waals surface area contributed by atoms with Crippen LogP contribution in [-0.2, 0) is 0 Å². The van der Waals surface area contributed by atoms with E-state index in [4.69, 9.17) is 0 Å². The van der Waals surface area contributed by atoms with Crippen molar-refractivity contribution in [2.45, 2.75) is 378 Å². The van der Waals surface area contributed by atoms with Gasteiger partial charge in [0.15, 0.2) is 0 Å². The van der Waals surface area contributed by atoms with Crippen LogP contribution in [0.5, 0.6) is 0 Å². The van der Waals surface area contributed by atoms with Crippen LogP contribution in [-0.4, -0.2) is 0 Å². The summed E-state index contributed by atoms with van der Waals surface area (Å²) in [6.45, 7) is 24.0. The van der Waals surface area contributed by atoms with E-state index in [2.05, 4.69) is 0 Å². The lowest BCUT2D eigenvalue weighted by atomic mass is 9.69. The summed E-state index contributed by atoms with van der Waals surface area (Å²) in [7, 11) is 0. The van der Waals surface area contributed by atoms with Crippen LogP contribution in [0, 0.1) is 47.3 Å². The zero-order valence-corrected chi connectivity index (χ0v) is 49.1. The van der Waals surface area contributed by atoms with Crippen molar-refractivity contribution < 1.29 is 0 Å². The molecule has 0 aromatic rings. The standard InChI is InChI=1S/2C21H38.2C6H12.6C2H6/c2*1-4-10-18(11-5-1)16-21(20-14-8-3-9-15-20)17-19-12-6-2-7-13-19;2*1-2-4-6-5-3-1;6*1-2/h2*18-21H,1-17H2;2*1-6H2;6*1-2H3. The van der Waals surface area contributed by atoms with Gasteiger partial charge in [-0.1, -0.05) is 353 Å². The molecule has 8 rings (SSSR count). The average molecular weight is 930 g/mol. The van der Waals surface area contributed by atoms with Crippen molar-refractivity contribution in [3.63, 3.8) is 0 Å². The van der Waals surface area contributed by atoms with Crippen molar-refractivity contribution in [3.05, 3.63) is 0 Å². The van der Waals surface area contributed by atoms with Gasteiger partial charge in [-0.25, -0.2) is 0 Å². The van der Waals surface area contributed by atoms with E-state index in [-0.39, 0.29) is 0 Å². The summed E-state index contributed by atoms with van der Waals surface area (Å²) >= 11 is 0. The fourth-order valence-corrected chi connectivity index (χ4v) is 13.7. The Labute approximate surface area is 423 Å². The third-order valence-corrected chi connectivity index (χ3v) is 17.1. The maximum absolute atomic E-state index is 2.00. The molecule has 0 amide bonds. The van der Waals surface area contributed by atoms with Crippen LogP contribution in [0.4, 0.5) is 0 Å². The van der Waals surface area contributed by atoms with Gasteiger partial charge >= 0.3 is 0 Å². The second-order valence-corrected chi connectivity index (χ2v) is 21.5. The lowest BCUT2D eigenvalue weighted by Crippen LogP contribution is -2.25.